The highest BCUT2D eigenvalue weighted by atomic mass is 35.5. The van der Waals surface area contributed by atoms with Crippen molar-refractivity contribution in [2.24, 2.45) is 5.73 Å². The van der Waals surface area contributed by atoms with Gasteiger partial charge in [-0.2, -0.15) is 0 Å². The molecule has 3 aromatic rings. The monoisotopic (exact) mass is 487 g/mol. The largest absolute Gasteiger partial charge is 0.456 e. The van der Waals surface area contributed by atoms with E-state index in [9.17, 15) is 23.9 Å². The second-order valence-corrected chi connectivity index (χ2v) is 9.53. The van der Waals surface area contributed by atoms with E-state index in [0.29, 0.717) is 16.7 Å². The van der Waals surface area contributed by atoms with Gasteiger partial charge < -0.3 is 20.3 Å². The van der Waals surface area contributed by atoms with Gasteiger partial charge in [0, 0.05) is 10.6 Å². The summed E-state index contributed by atoms with van der Waals surface area (Å²) in [5, 5.41) is 0.126. The van der Waals surface area contributed by atoms with Crippen LogP contribution in [0.1, 0.15) is 21.5 Å². The van der Waals surface area contributed by atoms with E-state index in [-0.39, 0.29) is 22.8 Å². The van der Waals surface area contributed by atoms with Crippen LogP contribution in [0.5, 0.6) is 0 Å². The lowest BCUT2D eigenvalue weighted by Crippen LogP contribution is -2.35. The maximum Gasteiger partial charge on any atom is 0.329 e. The van der Waals surface area contributed by atoms with Crippen molar-refractivity contribution in [1.29, 1.82) is 0 Å². The third-order valence-electron chi connectivity index (χ3n) is 4.89. The molecule has 1 atom stereocenters. The fraction of sp³-hybridized carbons (Fsp3) is 0.167. The van der Waals surface area contributed by atoms with Crippen molar-refractivity contribution in [1.82, 2.24) is 0 Å². The Morgan fingerprint density at radius 2 is 1.52 bits per heavy atom. The number of benzene rings is 3. The first-order valence-corrected chi connectivity index (χ1v) is 12.2. The Bertz CT molecular complexity index is 1180. The molecule has 0 heterocycles. The number of carbonyl (C=O) groups excluding carboxylic acids is 2. The highest BCUT2D eigenvalue weighted by Gasteiger charge is 2.23. The summed E-state index contributed by atoms with van der Waals surface area (Å²) in [5.74, 6) is -1.14. The molecular weight excluding hydrogens is 465 g/mol. The molecule has 0 aliphatic rings. The lowest BCUT2D eigenvalue weighted by atomic mass is 9.97. The van der Waals surface area contributed by atoms with Gasteiger partial charge in [0.05, 0.1) is 6.16 Å². The Morgan fingerprint density at radius 3 is 2.12 bits per heavy atom. The molecule has 3 aromatic carbocycles. The molecule has 0 aromatic heterocycles. The summed E-state index contributed by atoms with van der Waals surface area (Å²) >= 11 is 6.43. The molecule has 33 heavy (non-hydrogen) atoms. The Labute approximate surface area is 196 Å². The van der Waals surface area contributed by atoms with Gasteiger partial charge in [0.2, 0.25) is 0 Å². The Hall–Kier alpha value is -2.80. The van der Waals surface area contributed by atoms with Gasteiger partial charge in [-0.25, -0.2) is 0 Å². The number of rotatable bonds is 9. The van der Waals surface area contributed by atoms with Crippen molar-refractivity contribution in [3.8, 4) is 11.1 Å². The van der Waals surface area contributed by atoms with Gasteiger partial charge in [0.25, 0.3) is 0 Å². The molecule has 0 radical (unpaired) electrons. The molecule has 3 rings (SSSR count). The van der Waals surface area contributed by atoms with Crippen molar-refractivity contribution in [2.75, 3.05) is 6.61 Å². The smallest absolute Gasteiger partial charge is 0.329 e. The SMILES string of the molecule is NC(Cc1cc(-c2ccccc2)cc(CP(=O)(O)O)c1Cl)C(=O)OCC(=O)c1ccccc1. The van der Waals surface area contributed by atoms with Gasteiger partial charge >= 0.3 is 13.6 Å². The molecule has 9 heteroatoms. The third kappa shape index (κ3) is 7.09. The molecule has 0 spiro atoms. The van der Waals surface area contributed by atoms with Gasteiger partial charge in [-0.1, -0.05) is 72.3 Å². The van der Waals surface area contributed by atoms with Crippen molar-refractivity contribution >= 4 is 30.9 Å². The lowest BCUT2D eigenvalue weighted by Gasteiger charge is -2.17. The summed E-state index contributed by atoms with van der Waals surface area (Å²) in [6.07, 6.45) is -0.587. The Balaban J connectivity index is 1.79. The molecule has 0 saturated carbocycles. The van der Waals surface area contributed by atoms with Crippen LogP contribution in [-0.4, -0.2) is 34.2 Å². The number of ether oxygens (including phenoxy) is 1. The van der Waals surface area contributed by atoms with Crippen LogP contribution in [0, 0.1) is 0 Å². The first kappa shape index (κ1) is 24.8. The van der Waals surface area contributed by atoms with Crippen LogP contribution in [0.3, 0.4) is 0 Å². The van der Waals surface area contributed by atoms with E-state index in [1.165, 1.54) is 0 Å². The average Bonchev–Trinajstić information content (AvgIpc) is 2.79. The van der Waals surface area contributed by atoms with Crippen molar-refractivity contribution in [2.45, 2.75) is 18.6 Å². The van der Waals surface area contributed by atoms with Gasteiger partial charge in [-0.05, 0) is 40.8 Å². The lowest BCUT2D eigenvalue weighted by molar-refractivity contribution is -0.144. The highest BCUT2D eigenvalue weighted by Crippen LogP contribution is 2.43. The maximum absolute atomic E-state index is 12.4. The minimum Gasteiger partial charge on any atom is -0.456 e. The topological polar surface area (TPSA) is 127 Å². The molecule has 7 nitrogen and oxygen atoms in total. The quantitative estimate of drug-likeness (QED) is 0.236. The summed E-state index contributed by atoms with van der Waals surface area (Å²) < 4.78 is 16.7. The predicted octanol–water partition coefficient (Wildman–Crippen LogP) is 3.98. The van der Waals surface area contributed by atoms with Crippen molar-refractivity contribution < 1.29 is 28.7 Å². The number of nitrogens with two attached hydrogens (primary N) is 1. The Kier molecular flexibility index (Phi) is 8.19. The van der Waals surface area contributed by atoms with Crippen LogP contribution in [-0.2, 0) is 26.7 Å². The summed E-state index contributed by atoms with van der Waals surface area (Å²) in [6, 6.07) is 19.8. The molecule has 0 bridgehead atoms. The van der Waals surface area contributed by atoms with E-state index in [1.54, 1.807) is 42.5 Å². The highest BCUT2D eigenvalue weighted by molar-refractivity contribution is 7.50. The van der Waals surface area contributed by atoms with Crippen LogP contribution in [0.2, 0.25) is 5.02 Å². The van der Waals surface area contributed by atoms with Crippen LogP contribution in [0.4, 0.5) is 0 Å². The summed E-state index contributed by atoms with van der Waals surface area (Å²) in [7, 11) is -4.39. The molecule has 4 N–H and O–H groups in total. The fourth-order valence-electron chi connectivity index (χ4n) is 3.30. The van der Waals surface area contributed by atoms with E-state index in [4.69, 9.17) is 22.1 Å². The fourth-order valence-corrected chi connectivity index (χ4v) is 4.34. The first-order chi connectivity index (χ1) is 15.6. The van der Waals surface area contributed by atoms with Crippen molar-refractivity contribution in [3.63, 3.8) is 0 Å². The molecule has 0 fully saturated rings. The third-order valence-corrected chi connectivity index (χ3v) is 6.13. The summed E-state index contributed by atoms with van der Waals surface area (Å²) in [4.78, 5) is 43.5. The minimum atomic E-state index is -4.39. The van der Waals surface area contributed by atoms with Crippen LogP contribution in [0.15, 0.2) is 72.8 Å². The molecular formula is C24H23ClNO6P. The van der Waals surface area contributed by atoms with Gasteiger partial charge in [0.15, 0.2) is 12.4 Å². The zero-order chi connectivity index (χ0) is 24.0. The normalized spacial score (nSPS) is 12.2. The number of Topliss-reactive ketones (excluding diaryl/α,β-unsaturated/α-hetero) is 1. The first-order valence-electron chi connectivity index (χ1n) is 10.1. The van der Waals surface area contributed by atoms with E-state index in [2.05, 4.69) is 0 Å². The molecule has 0 aliphatic carbocycles. The average molecular weight is 488 g/mol. The molecule has 0 amide bonds. The maximum atomic E-state index is 12.4. The Morgan fingerprint density at radius 1 is 0.939 bits per heavy atom. The zero-order valence-corrected chi connectivity index (χ0v) is 19.2. The minimum absolute atomic E-state index is 0.0357. The van der Waals surface area contributed by atoms with Crippen molar-refractivity contribution in [3.05, 3.63) is 94.5 Å². The molecule has 172 valence electrons. The van der Waals surface area contributed by atoms with Crippen LogP contribution in [0.25, 0.3) is 11.1 Å². The van der Waals surface area contributed by atoms with E-state index in [0.717, 1.165) is 5.56 Å². The van der Waals surface area contributed by atoms with Gasteiger partial charge in [-0.3, -0.25) is 14.2 Å². The van der Waals surface area contributed by atoms with E-state index in [1.807, 2.05) is 30.3 Å². The number of carbonyl (C=O) groups is 2. The van der Waals surface area contributed by atoms with E-state index < -0.39 is 32.4 Å². The second kappa shape index (κ2) is 10.9. The second-order valence-electron chi connectivity index (χ2n) is 7.50. The zero-order valence-electron chi connectivity index (χ0n) is 17.6. The number of hydrogen-bond donors (Lipinski definition) is 3. The summed E-state index contributed by atoms with van der Waals surface area (Å²) in [5.41, 5.74) is 8.61. The number of esters is 1. The standard InChI is InChI=1S/C24H23ClNO6P/c25-23-19(13-21(26)24(28)32-14-22(27)17-9-5-2-6-10-17)11-18(16-7-3-1-4-8-16)12-20(23)15-33(29,30)31/h1-12,21H,13-15,26H2,(H2,29,30,31). The predicted molar refractivity (Wildman–Crippen MR) is 126 cm³/mol. The number of halogens is 1. The molecule has 0 aliphatic heterocycles. The molecule has 0 saturated heterocycles. The van der Waals surface area contributed by atoms with Gasteiger partial charge in [0.1, 0.15) is 6.04 Å². The summed E-state index contributed by atoms with van der Waals surface area (Å²) in [6.45, 7) is -0.447. The van der Waals surface area contributed by atoms with Crippen LogP contribution < -0.4 is 5.73 Å². The number of hydrogen-bond acceptors (Lipinski definition) is 5. The van der Waals surface area contributed by atoms with E-state index >= 15 is 0 Å². The van der Waals surface area contributed by atoms with Gasteiger partial charge in [-0.15, -0.1) is 0 Å². The molecule has 1 unspecified atom stereocenters. The number of ketones is 1. The van der Waals surface area contributed by atoms with Crippen LogP contribution >= 0.6 is 19.2 Å².